The van der Waals surface area contributed by atoms with Crippen LogP contribution in [0.25, 0.3) is 0 Å². The molecule has 0 bridgehead atoms. The van der Waals surface area contributed by atoms with Crippen molar-refractivity contribution in [2.75, 3.05) is 18.9 Å². The van der Waals surface area contributed by atoms with E-state index in [0.29, 0.717) is 30.3 Å². The fourth-order valence-electron chi connectivity index (χ4n) is 1.15. The van der Waals surface area contributed by atoms with Crippen molar-refractivity contribution in [2.45, 2.75) is 26.4 Å². The first-order valence-electron chi connectivity index (χ1n) is 5.35. The first-order chi connectivity index (χ1) is 7.92. The molecule has 5 heteroatoms. The molecule has 5 nitrogen and oxygen atoms in total. The number of hydrogen-bond acceptors (Lipinski definition) is 5. The third-order valence-electron chi connectivity index (χ3n) is 1.85. The van der Waals surface area contributed by atoms with Crippen molar-refractivity contribution < 1.29 is 9.47 Å². The fraction of sp³-hybridized carbons (Fsp3) is 0.500. The van der Waals surface area contributed by atoms with Gasteiger partial charge in [-0.1, -0.05) is 0 Å². The summed E-state index contributed by atoms with van der Waals surface area (Å²) in [5.74, 6) is 0.291. The van der Waals surface area contributed by atoms with Crippen LogP contribution in [0.2, 0.25) is 0 Å². The number of pyridine rings is 1. The molecule has 92 valence electrons. The van der Waals surface area contributed by atoms with Crippen LogP contribution in [-0.4, -0.2) is 23.8 Å². The van der Waals surface area contributed by atoms with E-state index in [-0.39, 0.29) is 5.60 Å². The highest BCUT2D eigenvalue weighted by Crippen LogP contribution is 2.16. The molecule has 0 atom stereocenters. The SMILES string of the molecule is CC(C)(C)OCCOc1ncc(N)cc1C#N. The van der Waals surface area contributed by atoms with E-state index >= 15 is 0 Å². The number of rotatable bonds is 4. The van der Waals surface area contributed by atoms with Gasteiger partial charge in [0.1, 0.15) is 18.2 Å². The molecular formula is C12H17N3O2. The highest BCUT2D eigenvalue weighted by atomic mass is 16.5. The van der Waals surface area contributed by atoms with Gasteiger partial charge < -0.3 is 15.2 Å². The Hall–Kier alpha value is -1.80. The monoisotopic (exact) mass is 235 g/mol. The zero-order valence-electron chi connectivity index (χ0n) is 10.4. The summed E-state index contributed by atoms with van der Waals surface area (Å²) in [5, 5.41) is 8.87. The number of ether oxygens (including phenoxy) is 2. The normalized spacial score (nSPS) is 10.9. The van der Waals surface area contributed by atoms with Gasteiger partial charge >= 0.3 is 0 Å². The highest BCUT2D eigenvalue weighted by molar-refractivity contribution is 5.48. The summed E-state index contributed by atoms with van der Waals surface area (Å²) in [4.78, 5) is 3.96. The molecule has 0 saturated heterocycles. The molecule has 0 fully saturated rings. The lowest BCUT2D eigenvalue weighted by molar-refractivity contribution is -0.0168. The van der Waals surface area contributed by atoms with Gasteiger partial charge in [0.15, 0.2) is 0 Å². The zero-order chi connectivity index (χ0) is 12.9. The number of anilines is 1. The minimum atomic E-state index is -0.198. The first kappa shape index (κ1) is 13.3. The van der Waals surface area contributed by atoms with Crippen molar-refractivity contribution in [1.29, 1.82) is 5.26 Å². The predicted molar refractivity (Wildman–Crippen MR) is 64.6 cm³/mol. The van der Waals surface area contributed by atoms with E-state index in [1.807, 2.05) is 26.8 Å². The number of nitriles is 1. The predicted octanol–water partition coefficient (Wildman–Crippen LogP) is 1.73. The summed E-state index contributed by atoms with van der Waals surface area (Å²) in [6.45, 7) is 6.70. The molecule has 0 aliphatic rings. The fourth-order valence-corrected chi connectivity index (χ4v) is 1.15. The second-order valence-electron chi connectivity index (χ2n) is 4.54. The van der Waals surface area contributed by atoms with Crippen LogP contribution >= 0.6 is 0 Å². The molecule has 0 unspecified atom stereocenters. The maximum absolute atomic E-state index is 8.87. The molecule has 0 saturated carbocycles. The summed E-state index contributed by atoms with van der Waals surface area (Å²) in [5.41, 5.74) is 6.10. The van der Waals surface area contributed by atoms with E-state index in [0.717, 1.165) is 0 Å². The Bertz CT molecular complexity index is 419. The van der Waals surface area contributed by atoms with E-state index in [4.69, 9.17) is 20.5 Å². The molecule has 2 N–H and O–H groups in total. The minimum Gasteiger partial charge on any atom is -0.474 e. The van der Waals surface area contributed by atoms with Crippen molar-refractivity contribution in [3.63, 3.8) is 0 Å². The second-order valence-corrected chi connectivity index (χ2v) is 4.54. The largest absolute Gasteiger partial charge is 0.474 e. The molecular weight excluding hydrogens is 218 g/mol. The minimum absolute atomic E-state index is 0.198. The summed E-state index contributed by atoms with van der Waals surface area (Å²) >= 11 is 0. The van der Waals surface area contributed by atoms with Gasteiger partial charge in [0, 0.05) is 0 Å². The zero-order valence-corrected chi connectivity index (χ0v) is 10.4. The third-order valence-corrected chi connectivity index (χ3v) is 1.85. The lowest BCUT2D eigenvalue weighted by atomic mass is 10.2. The topological polar surface area (TPSA) is 81.2 Å². The molecule has 0 radical (unpaired) electrons. The van der Waals surface area contributed by atoms with Crippen LogP contribution in [0.5, 0.6) is 5.88 Å². The Labute approximate surface area is 101 Å². The smallest absolute Gasteiger partial charge is 0.231 e. The molecule has 0 amide bonds. The Morgan fingerprint density at radius 2 is 2.12 bits per heavy atom. The molecule has 17 heavy (non-hydrogen) atoms. The molecule has 1 aromatic rings. The molecule has 1 heterocycles. The van der Waals surface area contributed by atoms with Crippen LogP contribution < -0.4 is 10.5 Å². The average molecular weight is 235 g/mol. The van der Waals surface area contributed by atoms with Crippen LogP contribution in [0, 0.1) is 11.3 Å². The van der Waals surface area contributed by atoms with E-state index in [1.165, 1.54) is 12.3 Å². The Morgan fingerprint density at radius 3 is 2.71 bits per heavy atom. The maximum atomic E-state index is 8.87. The summed E-state index contributed by atoms with van der Waals surface area (Å²) < 4.78 is 10.9. The van der Waals surface area contributed by atoms with Gasteiger partial charge in [0.05, 0.1) is 24.1 Å². The summed E-state index contributed by atoms with van der Waals surface area (Å²) in [6.07, 6.45) is 1.46. The van der Waals surface area contributed by atoms with Crippen molar-refractivity contribution in [3.05, 3.63) is 17.8 Å². The quantitative estimate of drug-likeness (QED) is 0.804. The van der Waals surface area contributed by atoms with Gasteiger partial charge in [0.25, 0.3) is 0 Å². The van der Waals surface area contributed by atoms with Gasteiger partial charge in [-0.3, -0.25) is 0 Å². The van der Waals surface area contributed by atoms with Gasteiger partial charge in [-0.15, -0.1) is 0 Å². The van der Waals surface area contributed by atoms with Gasteiger partial charge in [-0.25, -0.2) is 4.98 Å². The van der Waals surface area contributed by atoms with Crippen LogP contribution in [0.15, 0.2) is 12.3 Å². The van der Waals surface area contributed by atoms with Crippen LogP contribution in [-0.2, 0) is 4.74 Å². The Balaban J connectivity index is 2.50. The van der Waals surface area contributed by atoms with Gasteiger partial charge in [-0.2, -0.15) is 5.26 Å². The third kappa shape index (κ3) is 4.70. The van der Waals surface area contributed by atoms with Crippen molar-refractivity contribution in [1.82, 2.24) is 4.98 Å². The molecule has 0 spiro atoms. The van der Waals surface area contributed by atoms with Crippen LogP contribution in [0.1, 0.15) is 26.3 Å². The molecule has 1 rings (SSSR count). The standard InChI is InChI=1S/C12H17N3O2/c1-12(2,3)17-5-4-16-11-9(7-13)6-10(14)8-15-11/h6,8H,4-5,14H2,1-3H3. The van der Waals surface area contributed by atoms with E-state index in [2.05, 4.69) is 4.98 Å². The summed E-state index contributed by atoms with van der Waals surface area (Å²) in [6, 6.07) is 3.52. The Morgan fingerprint density at radius 1 is 1.41 bits per heavy atom. The number of nitrogens with zero attached hydrogens (tertiary/aromatic N) is 2. The summed E-state index contributed by atoms with van der Waals surface area (Å²) in [7, 11) is 0. The van der Waals surface area contributed by atoms with Crippen molar-refractivity contribution >= 4 is 5.69 Å². The number of nitrogens with two attached hydrogens (primary N) is 1. The Kier molecular flexibility index (Phi) is 4.30. The molecule has 0 aliphatic heterocycles. The van der Waals surface area contributed by atoms with Crippen LogP contribution in [0.4, 0.5) is 5.69 Å². The number of nitrogen functional groups attached to an aromatic ring is 1. The van der Waals surface area contributed by atoms with E-state index < -0.39 is 0 Å². The highest BCUT2D eigenvalue weighted by Gasteiger charge is 2.10. The lowest BCUT2D eigenvalue weighted by Crippen LogP contribution is -2.22. The maximum Gasteiger partial charge on any atom is 0.231 e. The average Bonchev–Trinajstić information content (AvgIpc) is 2.24. The first-order valence-corrected chi connectivity index (χ1v) is 5.35. The molecule has 1 aromatic heterocycles. The van der Waals surface area contributed by atoms with Crippen molar-refractivity contribution in [3.8, 4) is 11.9 Å². The lowest BCUT2D eigenvalue weighted by Gasteiger charge is -2.19. The van der Waals surface area contributed by atoms with Crippen LogP contribution in [0.3, 0.4) is 0 Å². The number of aromatic nitrogens is 1. The molecule has 0 aromatic carbocycles. The van der Waals surface area contributed by atoms with E-state index in [1.54, 1.807) is 0 Å². The van der Waals surface area contributed by atoms with E-state index in [9.17, 15) is 0 Å². The van der Waals surface area contributed by atoms with Gasteiger partial charge in [0.2, 0.25) is 5.88 Å². The van der Waals surface area contributed by atoms with Crippen molar-refractivity contribution in [2.24, 2.45) is 0 Å². The second kappa shape index (κ2) is 5.51. The molecule has 0 aliphatic carbocycles. The number of hydrogen-bond donors (Lipinski definition) is 1. The van der Waals surface area contributed by atoms with Gasteiger partial charge in [-0.05, 0) is 26.8 Å².